The Hall–Kier alpha value is -1.70. The van der Waals surface area contributed by atoms with Crippen LogP contribution in [-0.2, 0) is 10.0 Å². The molecule has 0 aliphatic rings. The Balaban J connectivity index is 2.36. The molecule has 0 atom stereocenters. The molecule has 2 N–H and O–H groups in total. The van der Waals surface area contributed by atoms with Gasteiger partial charge in [-0.25, -0.2) is 18.1 Å². The number of imidazole rings is 1. The van der Waals surface area contributed by atoms with Gasteiger partial charge in [0.05, 0.1) is 11.0 Å². The van der Waals surface area contributed by atoms with Crippen LogP contribution in [0.2, 0.25) is 0 Å². The van der Waals surface area contributed by atoms with Crippen LogP contribution in [0.15, 0.2) is 24.3 Å². The van der Waals surface area contributed by atoms with Gasteiger partial charge in [0.15, 0.2) is 0 Å². The van der Waals surface area contributed by atoms with Crippen molar-refractivity contribution in [2.45, 2.75) is 5.76 Å². The van der Waals surface area contributed by atoms with Gasteiger partial charge >= 0.3 is 5.76 Å². The predicted molar refractivity (Wildman–Crippen MR) is 54.6 cm³/mol. The monoisotopic (exact) mass is 247 g/mol. The highest BCUT2D eigenvalue weighted by Crippen LogP contribution is 2.15. The van der Waals surface area contributed by atoms with Gasteiger partial charge in [-0.3, -0.25) is 0 Å². The summed E-state index contributed by atoms with van der Waals surface area (Å²) in [5, 5.41) is 0. The van der Waals surface area contributed by atoms with E-state index in [1.807, 2.05) is 0 Å². The maximum Gasteiger partial charge on any atom is 0.355 e. The third kappa shape index (κ3) is 1.96. The molecule has 2 aromatic rings. The minimum absolute atomic E-state index is 0.221. The van der Waals surface area contributed by atoms with Gasteiger partial charge in [-0.1, -0.05) is 12.1 Å². The number of H-pyrrole nitrogens is 1. The zero-order valence-corrected chi connectivity index (χ0v) is 8.63. The molecule has 0 saturated heterocycles. The van der Waals surface area contributed by atoms with Crippen LogP contribution in [0.25, 0.3) is 11.0 Å². The van der Waals surface area contributed by atoms with E-state index in [1.54, 1.807) is 29.0 Å². The molecule has 0 bridgehead atoms. The molecule has 86 valence electrons. The number of alkyl halides is 2. The number of halogens is 2. The van der Waals surface area contributed by atoms with Gasteiger partial charge in [-0.2, -0.15) is 8.78 Å². The van der Waals surface area contributed by atoms with Crippen LogP contribution in [0.1, 0.15) is 0 Å². The molecule has 1 aromatic heterocycles. The fourth-order valence-corrected chi connectivity index (χ4v) is 1.64. The zero-order chi connectivity index (χ0) is 11.8. The second kappa shape index (κ2) is 3.71. The summed E-state index contributed by atoms with van der Waals surface area (Å²) in [6.45, 7) is 0. The van der Waals surface area contributed by atoms with E-state index in [0.717, 1.165) is 0 Å². The Morgan fingerprint density at radius 2 is 2.00 bits per heavy atom. The minimum Gasteiger partial charge on any atom is -0.323 e. The third-order valence-corrected chi connectivity index (χ3v) is 2.81. The van der Waals surface area contributed by atoms with Gasteiger partial charge in [0.25, 0.3) is 10.0 Å². The highest BCUT2D eigenvalue weighted by molar-refractivity contribution is 7.92. The first kappa shape index (κ1) is 10.8. The lowest BCUT2D eigenvalue weighted by Crippen LogP contribution is -2.21. The number of hydrogen-bond donors (Lipinski definition) is 2. The van der Waals surface area contributed by atoms with E-state index in [1.165, 1.54) is 0 Å². The predicted octanol–water partition coefficient (Wildman–Crippen LogP) is 1.53. The number of rotatable bonds is 3. The summed E-state index contributed by atoms with van der Waals surface area (Å²) in [5.74, 6) is -3.71. The van der Waals surface area contributed by atoms with Crippen LogP contribution >= 0.6 is 0 Å². The summed E-state index contributed by atoms with van der Waals surface area (Å²) in [6, 6.07) is 6.70. The molecule has 16 heavy (non-hydrogen) atoms. The number of anilines is 1. The number of sulfonamides is 1. The second-order valence-corrected chi connectivity index (χ2v) is 4.66. The molecule has 5 nitrogen and oxygen atoms in total. The largest absolute Gasteiger partial charge is 0.355 e. The number of nitrogens with one attached hydrogen (secondary N) is 2. The Morgan fingerprint density at radius 3 is 2.62 bits per heavy atom. The molecule has 0 aliphatic carbocycles. The average Bonchev–Trinajstić information content (AvgIpc) is 2.58. The van der Waals surface area contributed by atoms with Crippen molar-refractivity contribution in [2.75, 3.05) is 4.72 Å². The molecule has 0 spiro atoms. The van der Waals surface area contributed by atoms with Crippen LogP contribution in [0.3, 0.4) is 0 Å². The van der Waals surface area contributed by atoms with Crippen molar-refractivity contribution in [3.8, 4) is 0 Å². The summed E-state index contributed by atoms with van der Waals surface area (Å²) in [4.78, 5) is 6.37. The number of para-hydroxylation sites is 2. The van der Waals surface area contributed by atoms with Gasteiger partial charge in [-0.05, 0) is 12.1 Å². The van der Waals surface area contributed by atoms with Crippen molar-refractivity contribution in [3.63, 3.8) is 0 Å². The van der Waals surface area contributed by atoms with Crippen molar-refractivity contribution in [1.29, 1.82) is 0 Å². The van der Waals surface area contributed by atoms with E-state index in [-0.39, 0.29) is 5.95 Å². The van der Waals surface area contributed by atoms with Gasteiger partial charge in [-0.15, -0.1) is 0 Å². The third-order valence-electron chi connectivity index (χ3n) is 1.86. The van der Waals surface area contributed by atoms with Crippen molar-refractivity contribution in [1.82, 2.24) is 9.97 Å². The fourth-order valence-electron chi connectivity index (χ4n) is 1.18. The Bertz CT molecular complexity index is 576. The summed E-state index contributed by atoms with van der Waals surface area (Å²) in [7, 11) is -4.68. The summed E-state index contributed by atoms with van der Waals surface area (Å²) in [5.41, 5.74) is 1.06. The average molecular weight is 247 g/mol. The smallest absolute Gasteiger partial charge is 0.323 e. The highest BCUT2D eigenvalue weighted by Gasteiger charge is 2.24. The minimum atomic E-state index is -4.68. The van der Waals surface area contributed by atoms with Crippen molar-refractivity contribution < 1.29 is 17.2 Å². The highest BCUT2D eigenvalue weighted by atomic mass is 32.2. The van der Waals surface area contributed by atoms with E-state index < -0.39 is 15.8 Å². The number of aromatic amines is 1. The van der Waals surface area contributed by atoms with Crippen LogP contribution < -0.4 is 4.72 Å². The summed E-state index contributed by atoms with van der Waals surface area (Å²) < 4.78 is 47.5. The maximum absolute atomic E-state index is 12.1. The van der Waals surface area contributed by atoms with E-state index in [4.69, 9.17) is 0 Å². The summed E-state index contributed by atoms with van der Waals surface area (Å²) >= 11 is 0. The zero-order valence-electron chi connectivity index (χ0n) is 7.81. The van der Waals surface area contributed by atoms with Crippen molar-refractivity contribution in [3.05, 3.63) is 24.3 Å². The topological polar surface area (TPSA) is 74.8 Å². The fraction of sp³-hybridized carbons (Fsp3) is 0.125. The Labute approximate surface area is 89.5 Å². The number of fused-ring (bicyclic) bond motifs is 1. The Kier molecular flexibility index (Phi) is 2.50. The number of aromatic nitrogens is 2. The maximum atomic E-state index is 12.1. The first-order valence-corrected chi connectivity index (χ1v) is 5.78. The molecule has 1 heterocycles. The normalized spacial score (nSPS) is 12.2. The molecule has 0 saturated carbocycles. The first-order valence-electron chi connectivity index (χ1n) is 4.23. The van der Waals surface area contributed by atoms with Crippen LogP contribution in [-0.4, -0.2) is 24.1 Å². The molecule has 0 radical (unpaired) electrons. The molecule has 0 fully saturated rings. The lowest BCUT2D eigenvalue weighted by molar-refractivity contribution is 0.236. The number of hydrogen-bond acceptors (Lipinski definition) is 3. The van der Waals surface area contributed by atoms with Crippen LogP contribution in [0, 0.1) is 0 Å². The summed E-state index contributed by atoms with van der Waals surface area (Å²) in [6.07, 6.45) is 0. The van der Waals surface area contributed by atoms with Gasteiger partial charge in [0, 0.05) is 0 Å². The van der Waals surface area contributed by atoms with Gasteiger partial charge in [0.2, 0.25) is 5.95 Å². The first-order chi connectivity index (χ1) is 7.49. The van der Waals surface area contributed by atoms with E-state index in [9.17, 15) is 17.2 Å². The lowest BCUT2D eigenvalue weighted by atomic mass is 10.3. The number of benzene rings is 1. The van der Waals surface area contributed by atoms with Crippen LogP contribution in [0.5, 0.6) is 0 Å². The second-order valence-electron chi connectivity index (χ2n) is 3.01. The standard InChI is InChI=1S/C8H7F2N3O2S/c9-7(10)16(14,15)13-8-11-5-3-1-2-4-6(5)12-8/h1-4,7H,(H2,11,12,13). The van der Waals surface area contributed by atoms with E-state index >= 15 is 0 Å². The van der Waals surface area contributed by atoms with Gasteiger partial charge in [0.1, 0.15) is 0 Å². The molecule has 0 unspecified atom stereocenters. The SMILES string of the molecule is O=S(=O)(Nc1nc2ccccc2[nH]1)C(F)F. The quantitative estimate of drug-likeness (QED) is 0.863. The molecule has 8 heteroatoms. The Morgan fingerprint density at radius 1 is 1.31 bits per heavy atom. The van der Waals surface area contributed by atoms with Crippen molar-refractivity contribution >= 4 is 27.0 Å². The van der Waals surface area contributed by atoms with Crippen molar-refractivity contribution in [2.24, 2.45) is 0 Å². The molecular formula is C8H7F2N3O2S. The molecule has 0 amide bonds. The molecule has 0 aliphatic heterocycles. The molecule has 2 rings (SSSR count). The van der Waals surface area contributed by atoms with Crippen LogP contribution in [0.4, 0.5) is 14.7 Å². The lowest BCUT2D eigenvalue weighted by Gasteiger charge is -2.02. The number of nitrogens with zero attached hydrogens (tertiary/aromatic N) is 1. The molecular weight excluding hydrogens is 240 g/mol. The molecule has 1 aromatic carbocycles. The van der Waals surface area contributed by atoms with E-state index in [2.05, 4.69) is 9.97 Å². The van der Waals surface area contributed by atoms with Gasteiger partial charge < -0.3 is 4.98 Å². The van der Waals surface area contributed by atoms with E-state index in [0.29, 0.717) is 11.0 Å².